The highest BCUT2D eigenvalue weighted by atomic mass is 14.1. The van der Waals surface area contributed by atoms with Crippen molar-refractivity contribution in [1.29, 1.82) is 0 Å². The van der Waals surface area contributed by atoms with Gasteiger partial charge in [-0.1, -0.05) is 276 Å². The van der Waals surface area contributed by atoms with Gasteiger partial charge in [0.15, 0.2) is 0 Å². The Hall–Kier alpha value is -7.80. The van der Waals surface area contributed by atoms with Crippen molar-refractivity contribution < 1.29 is 0 Å². The molecule has 0 aliphatic carbocycles. The Morgan fingerprint density at radius 2 is 0.667 bits per heavy atom. The molecule has 12 aromatic carbocycles. The van der Waals surface area contributed by atoms with E-state index in [4.69, 9.17) is 0 Å². The van der Waals surface area contributed by atoms with Gasteiger partial charge in [0.2, 0.25) is 0 Å². The lowest BCUT2D eigenvalue weighted by molar-refractivity contribution is 1.10. The normalized spacial score (nSPS) is 10.9. The van der Waals surface area contributed by atoms with Gasteiger partial charge in [0.1, 0.15) is 0 Å². The first-order valence-electron chi connectivity index (χ1n) is 34.6. The van der Waals surface area contributed by atoms with Gasteiger partial charge in [-0.25, -0.2) is 0 Å². The fourth-order valence-corrected chi connectivity index (χ4v) is 13.5. The van der Waals surface area contributed by atoms with Crippen LogP contribution in [0.1, 0.15) is 183 Å². The van der Waals surface area contributed by atoms with Gasteiger partial charge in [0.05, 0.1) is 0 Å². The molecule has 0 saturated heterocycles. The van der Waals surface area contributed by atoms with Gasteiger partial charge in [-0.05, 0) is 272 Å². The molecule has 0 spiro atoms. The molecule has 0 aliphatic heterocycles. The summed E-state index contributed by atoms with van der Waals surface area (Å²) in [6.45, 7) is 39.9. The summed E-state index contributed by atoms with van der Waals surface area (Å²) >= 11 is 0. The van der Waals surface area contributed by atoms with Crippen LogP contribution in [0, 0.1) is 41.5 Å². The van der Waals surface area contributed by atoms with Gasteiger partial charge < -0.3 is 0 Å². The van der Waals surface area contributed by atoms with Crippen molar-refractivity contribution >= 4 is 64.6 Å². The predicted molar refractivity (Wildman–Crippen MR) is 405 cm³/mol. The first kappa shape index (κ1) is 69.7. The quantitative estimate of drug-likeness (QED) is 0.114. The van der Waals surface area contributed by atoms with Crippen LogP contribution in [0.15, 0.2) is 182 Å². The van der Waals surface area contributed by atoms with Gasteiger partial charge in [-0.2, -0.15) is 0 Å². The van der Waals surface area contributed by atoms with Crippen molar-refractivity contribution in [3.63, 3.8) is 0 Å². The monoisotopic (exact) mass is 1190 g/mol. The van der Waals surface area contributed by atoms with Crippen LogP contribution >= 0.6 is 0 Å². The molecule has 0 N–H and O–H groups in total. The summed E-state index contributed by atoms with van der Waals surface area (Å²) in [5.74, 6) is 0. The Balaban J connectivity index is 0.000000154. The van der Waals surface area contributed by atoms with E-state index in [0.29, 0.717) is 0 Å². The van der Waals surface area contributed by atoms with Gasteiger partial charge in [0, 0.05) is 0 Å². The second-order valence-electron chi connectivity index (χ2n) is 24.8. The maximum Gasteiger partial charge on any atom is -0.0120 e. The molecule has 0 bridgehead atoms. The summed E-state index contributed by atoms with van der Waals surface area (Å²) in [6, 6.07) is 67.8. The van der Waals surface area contributed by atoms with E-state index in [1.807, 2.05) is 0 Å². The summed E-state index contributed by atoms with van der Waals surface area (Å²) < 4.78 is 0. The fourth-order valence-electron chi connectivity index (χ4n) is 13.5. The van der Waals surface area contributed by atoms with Gasteiger partial charge in [0.25, 0.3) is 0 Å². The standard InChI is InChI=1S/6C15H18/c1-4-12-7-8-13(5-2)15-10-11(3)6-9-14(12)15;1-4-12-6-7-14-8-11(3)13(5-2)10-15(14)9-12;1-4-12-6-7-15-11(3)8-13(5-2)10-14(15)9-12;1-4-12-7-6-8-14-13(5-2)9-11(3)10-15(12)14;1-4-12-10-9-11(3)15-13(5-2)7-6-8-14(12)15;1-4-12-10-11(3)13(5-2)15-9-7-6-8-14(12)15/h6*6-10H,4-5H2,1-3H3. The summed E-state index contributed by atoms with van der Waals surface area (Å²) in [4.78, 5) is 0. The van der Waals surface area contributed by atoms with Crippen LogP contribution in [-0.4, -0.2) is 0 Å². The zero-order valence-electron chi connectivity index (χ0n) is 58.8. The van der Waals surface area contributed by atoms with Crippen LogP contribution < -0.4 is 0 Å². The van der Waals surface area contributed by atoms with E-state index < -0.39 is 0 Å². The second-order valence-corrected chi connectivity index (χ2v) is 24.8. The molecule has 0 nitrogen and oxygen atoms in total. The van der Waals surface area contributed by atoms with Gasteiger partial charge in [-0.15, -0.1) is 0 Å². The third kappa shape index (κ3) is 17.0. The van der Waals surface area contributed by atoms with Crippen molar-refractivity contribution in [3.8, 4) is 0 Å². The number of hydrogen-bond donors (Lipinski definition) is 0. The van der Waals surface area contributed by atoms with Crippen molar-refractivity contribution in [2.75, 3.05) is 0 Å². The van der Waals surface area contributed by atoms with Crippen LogP contribution in [0.2, 0.25) is 0 Å². The number of benzene rings is 12. The molecule has 0 radical (unpaired) electrons. The van der Waals surface area contributed by atoms with Crippen molar-refractivity contribution in [2.24, 2.45) is 0 Å². The van der Waals surface area contributed by atoms with E-state index in [-0.39, 0.29) is 0 Å². The zero-order valence-corrected chi connectivity index (χ0v) is 58.8. The van der Waals surface area contributed by atoms with Crippen molar-refractivity contribution in [2.45, 2.75) is 202 Å². The Labute approximate surface area is 545 Å². The second kappa shape index (κ2) is 33.9. The predicted octanol–water partition coefficient (Wildman–Crippen LogP) is 25.6. The van der Waals surface area contributed by atoms with Crippen molar-refractivity contribution in [1.82, 2.24) is 0 Å². The third-order valence-corrected chi connectivity index (χ3v) is 18.8. The molecule has 0 aromatic heterocycles. The van der Waals surface area contributed by atoms with Gasteiger partial charge in [-0.3, -0.25) is 0 Å². The van der Waals surface area contributed by atoms with E-state index in [9.17, 15) is 0 Å². The topological polar surface area (TPSA) is 0 Å². The van der Waals surface area contributed by atoms with Crippen LogP contribution in [0.5, 0.6) is 0 Å². The minimum atomic E-state index is 1.11. The van der Waals surface area contributed by atoms with Crippen LogP contribution in [0.25, 0.3) is 64.6 Å². The van der Waals surface area contributed by atoms with Crippen molar-refractivity contribution in [3.05, 3.63) is 282 Å². The average molecular weight is 1190 g/mol. The smallest absolute Gasteiger partial charge is 0.0120 e. The molecular weight excluding hydrogens is 1080 g/mol. The molecule has 0 amide bonds. The summed E-state index contributed by atoms with van der Waals surface area (Å²) in [5.41, 5.74) is 25.9. The lowest BCUT2D eigenvalue weighted by Crippen LogP contribution is -1.93. The molecule has 0 fully saturated rings. The fraction of sp³-hybridized carbons (Fsp3) is 0.333. The molecule has 468 valence electrons. The molecular formula is C90H108. The maximum absolute atomic E-state index is 2.35. The molecule has 0 heterocycles. The van der Waals surface area contributed by atoms with Crippen LogP contribution in [0.4, 0.5) is 0 Å². The third-order valence-electron chi connectivity index (χ3n) is 18.8. The summed E-state index contributed by atoms with van der Waals surface area (Å²) in [7, 11) is 0. The Morgan fingerprint density at radius 3 is 1.28 bits per heavy atom. The molecule has 12 aromatic rings. The van der Waals surface area contributed by atoms with E-state index in [2.05, 4.69) is 307 Å². The molecule has 0 unspecified atom stereocenters. The number of hydrogen-bond acceptors (Lipinski definition) is 0. The highest BCUT2D eigenvalue weighted by molar-refractivity contribution is 5.93. The highest BCUT2D eigenvalue weighted by Gasteiger charge is 2.10. The molecule has 90 heavy (non-hydrogen) atoms. The van der Waals surface area contributed by atoms with Crippen LogP contribution in [-0.2, 0) is 77.0 Å². The van der Waals surface area contributed by atoms with E-state index in [1.165, 1.54) is 165 Å². The zero-order chi connectivity index (χ0) is 65.0. The molecule has 0 heteroatoms. The van der Waals surface area contributed by atoms with Crippen LogP contribution in [0.3, 0.4) is 0 Å². The lowest BCUT2D eigenvalue weighted by Gasteiger charge is -2.12. The highest BCUT2D eigenvalue weighted by Crippen LogP contribution is 2.31. The SMILES string of the molecule is CCc1cc(C)c(CC)c2ccccc12.CCc1cc(C)cc2c(CC)cccc12.CCc1ccc(C)c2c(CC)cccc12.CCc1ccc(CC)c2cc(C)ccc12.CCc1ccc2c(C)cc(CC)cc2c1.CCc1ccc2cc(C)c(CC)cc2c1. The largest absolute Gasteiger partial charge is 0.0616 e. The molecule has 0 atom stereocenters. The lowest BCUT2D eigenvalue weighted by atomic mass is 9.93. The Kier molecular flexibility index (Phi) is 26.2. The average Bonchev–Trinajstić information content (AvgIpc) is 2.16. The number of rotatable bonds is 12. The number of fused-ring (bicyclic) bond motifs is 6. The molecule has 0 saturated carbocycles. The minimum Gasteiger partial charge on any atom is -0.0616 e. The van der Waals surface area contributed by atoms with E-state index in [0.717, 1.165) is 77.0 Å². The Morgan fingerprint density at radius 1 is 0.200 bits per heavy atom. The molecule has 0 aliphatic rings. The summed E-state index contributed by atoms with van der Waals surface area (Å²) in [5, 5.41) is 17.1. The molecule has 12 rings (SSSR count). The Bertz CT molecular complexity index is 4270. The van der Waals surface area contributed by atoms with Gasteiger partial charge >= 0.3 is 0 Å². The van der Waals surface area contributed by atoms with E-state index in [1.54, 1.807) is 0 Å². The first-order valence-corrected chi connectivity index (χ1v) is 34.6. The number of aryl methyl sites for hydroxylation is 18. The van der Waals surface area contributed by atoms with E-state index >= 15 is 0 Å². The first-order chi connectivity index (χ1) is 43.5. The maximum atomic E-state index is 2.35. The minimum absolute atomic E-state index is 1.11. The summed E-state index contributed by atoms with van der Waals surface area (Å²) in [6.07, 6.45) is 13.4.